The molecule has 0 aromatic heterocycles. The van der Waals surface area contributed by atoms with Crippen LogP contribution in [0.1, 0.15) is 46.5 Å². The summed E-state index contributed by atoms with van der Waals surface area (Å²) in [5, 5.41) is 0. The van der Waals surface area contributed by atoms with Crippen molar-refractivity contribution in [2.75, 3.05) is 19.6 Å². The second kappa shape index (κ2) is 6.55. The third-order valence-corrected chi connectivity index (χ3v) is 4.46. The predicted octanol–water partition coefficient (Wildman–Crippen LogP) is 2.77. The van der Waals surface area contributed by atoms with E-state index in [-0.39, 0.29) is 22.9 Å². The van der Waals surface area contributed by atoms with Crippen molar-refractivity contribution in [3.05, 3.63) is 0 Å². The molecule has 2 aliphatic rings. The van der Waals surface area contributed by atoms with E-state index >= 15 is 0 Å². The van der Waals surface area contributed by atoms with Crippen molar-refractivity contribution in [1.82, 2.24) is 9.80 Å². The normalized spacial score (nSPS) is 27.7. The van der Waals surface area contributed by atoms with Gasteiger partial charge >= 0.3 is 6.09 Å². The molecule has 5 nitrogen and oxygen atoms in total. The molecule has 2 amide bonds. The minimum atomic E-state index is -0.483. The van der Waals surface area contributed by atoms with Gasteiger partial charge in [-0.25, -0.2) is 4.79 Å². The summed E-state index contributed by atoms with van der Waals surface area (Å²) < 4.78 is 5.47. The summed E-state index contributed by atoms with van der Waals surface area (Å²) in [4.78, 5) is 28.3. The second-order valence-electron chi connectivity index (χ2n) is 6.92. The Balaban J connectivity index is 2.01. The number of alkyl halides is 1. The monoisotopic (exact) mass is 360 g/mol. The van der Waals surface area contributed by atoms with Crippen molar-refractivity contribution in [3.63, 3.8) is 0 Å². The average Bonchev–Trinajstić information content (AvgIpc) is 2.58. The quantitative estimate of drug-likeness (QED) is 0.675. The van der Waals surface area contributed by atoms with Gasteiger partial charge in [0.1, 0.15) is 5.60 Å². The maximum Gasteiger partial charge on any atom is 0.410 e. The summed E-state index contributed by atoms with van der Waals surface area (Å²) in [6.07, 6.45) is 3.26. The van der Waals surface area contributed by atoms with Gasteiger partial charge < -0.3 is 14.5 Å². The Bertz CT molecular complexity index is 408. The molecular formula is C15H25BrN2O3. The fraction of sp³-hybridized carbons (Fsp3) is 0.867. The van der Waals surface area contributed by atoms with Crippen LogP contribution in [0.3, 0.4) is 0 Å². The minimum absolute atomic E-state index is 0.120. The van der Waals surface area contributed by atoms with Crippen molar-refractivity contribution < 1.29 is 14.3 Å². The molecule has 0 spiro atoms. The highest BCUT2D eigenvalue weighted by Gasteiger charge is 2.36. The molecule has 21 heavy (non-hydrogen) atoms. The van der Waals surface area contributed by atoms with E-state index in [2.05, 4.69) is 15.9 Å². The number of hydrogen-bond acceptors (Lipinski definition) is 3. The third kappa shape index (κ3) is 4.59. The standard InChI is InChI=1S/C15H25BrN2O3/c1-15(2,3)21-14(20)17-7-5-4-6-12(10-17)18-9-11(16)8-13(18)19/h11-12H,4-10H2,1-3H3. The number of ether oxygens (including phenoxy) is 1. The molecule has 2 atom stereocenters. The zero-order chi connectivity index (χ0) is 15.6. The molecule has 2 rings (SSSR count). The summed E-state index contributed by atoms with van der Waals surface area (Å²) in [7, 11) is 0. The highest BCUT2D eigenvalue weighted by atomic mass is 79.9. The smallest absolute Gasteiger partial charge is 0.410 e. The van der Waals surface area contributed by atoms with E-state index in [0.717, 1.165) is 25.8 Å². The molecule has 0 aliphatic carbocycles. The number of halogens is 1. The van der Waals surface area contributed by atoms with E-state index in [4.69, 9.17) is 4.74 Å². The first kappa shape index (κ1) is 16.6. The lowest BCUT2D eigenvalue weighted by Gasteiger charge is -2.32. The zero-order valence-corrected chi connectivity index (χ0v) is 14.7. The molecular weight excluding hydrogens is 336 g/mol. The van der Waals surface area contributed by atoms with E-state index < -0.39 is 5.60 Å². The van der Waals surface area contributed by atoms with E-state index in [1.807, 2.05) is 25.7 Å². The highest BCUT2D eigenvalue weighted by Crippen LogP contribution is 2.25. The van der Waals surface area contributed by atoms with Crippen molar-refractivity contribution in [1.29, 1.82) is 0 Å². The molecule has 0 N–H and O–H groups in total. The van der Waals surface area contributed by atoms with Gasteiger partial charge in [-0.15, -0.1) is 0 Å². The molecule has 6 heteroatoms. The first-order valence-corrected chi connectivity index (χ1v) is 8.59. The van der Waals surface area contributed by atoms with Crippen molar-refractivity contribution in [2.24, 2.45) is 0 Å². The number of likely N-dealkylation sites (tertiary alicyclic amines) is 2. The SMILES string of the molecule is CC(C)(C)OC(=O)N1CCCCC(N2CC(Br)CC2=O)C1. The molecule has 0 aromatic carbocycles. The summed E-state index contributed by atoms with van der Waals surface area (Å²) >= 11 is 3.52. The van der Waals surface area contributed by atoms with E-state index in [1.165, 1.54) is 0 Å². The molecule has 0 radical (unpaired) electrons. The van der Waals surface area contributed by atoms with Gasteiger partial charge in [0.05, 0.1) is 0 Å². The number of nitrogens with zero attached hydrogens (tertiary/aromatic N) is 2. The van der Waals surface area contributed by atoms with Crippen LogP contribution < -0.4 is 0 Å². The van der Waals surface area contributed by atoms with Crippen LogP contribution in [0.2, 0.25) is 0 Å². The lowest BCUT2D eigenvalue weighted by atomic mass is 10.1. The van der Waals surface area contributed by atoms with Crippen LogP contribution in [0, 0.1) is 0 Å². The highest BCUT2D eigenvalue weighted by molar-refractivity contribution is 9.09. The summed E-state index contributed by atoms with van der Waals surface area (Å²) in [5.74, 6) is 0.188. The molecule has 0 aromatic rings. The van der Waals surface area contributed by atoms with Gasteiger partial charge in [0, 0.05) is 36.9 Å². The summed E-state index contributed by atoms with van der Waals surface area (Å²) in [5.41, 5.74) is -0.483. The summed E-state index contributed by atoms with van der Waals surface area (Å²) in [6, 6.07) is 0.120. The Kier molecular flexibility index (Phi) is 5.17. The molecule has 2 unspecified atom stereocenters. The first-order valence-electron chi connectivity index (χ1n) is 7.68. The number of carbonyl (C=O) groups excluding carboxylic acids is 2. The van der Waals surface area contributed by atoms with Gasteiger partial charge in [0.2, 0.25) is 5.91 Å². The van der Waals surface area contributed by atoms with Crippen LogP contribution in [0.15, 0.2) is 0 Å². The molecule has 2 aliphatic heterocycles. The molecule has 0 saturated carbocycles. The van der Waals surface area contributed by atoms with Crippen LogP contribution in [0.5, 0.6) is 0 Å². The van der Waals surface area contributed by atoms with Gasteiger partial charge in [-0.3, -0.25) is 4.79 Å². The Morgan fingerprint density at radius 3 is 2.57 bits per heavy atom. The maximum absolute atomic E-state index is 12.3. The van der Waals surface area contributed by atoms with Crippen LogP contribution >= 0.6 is 15.9 Å². The van der Waals surface area contributed by atoms with Crippen LogP contribution in [0.4, 0.5) is 4.79 Å². The van der Waals surface area contributed by atoms with Gasteiger partial charge in [0.15, 0.2) is 0 Å². The lowest BCUT2D eigenvalue weighted by Crippen LogP contribution is -2.46. The number of amides is 2. The molecule has 2 saturated heterocycles. The fourth-order valence-electron chi connectivity index (χ4n) is 2.91. The maximum atomic E-state index is 12.3. The van der Waals surface area contributed by atoms with Crippen LogP contribution in [0.25, 0.3) is 0 Å². The Morgan fingerprint density at radius 2 is 2.00 bits per heavy atom. The number of carbonyl (C=O) groups is 2. The van der Waals surface area contributed by atoms with E-state index in [9.17, 15) is 9.59 Å². The summed E-state index contributed by atoms with van der Waals surface area (Å²) in [6.45, 7) is 7.66. The first-order chi connectivity index (χ1) is 9.76. The van der Waals surface area contributed by atoms with Crippen molar-refractivity contribution in [3.8, 4) is 0 Å². The predicted molar refractivity (Wildman–Crippen MR) is 84.5 cm³/mol. The van der Waals surface area contributed by atoms with E-state index in [1.54, 1.807) is 4.90 Å². The number of rotatable bonds is 1. The third-order valence-electron chi connectivity index (χ3n) is 3.85. The minimum Gasteiger partial charge on any atom is -0.444 e. The molecule has 120 valence electrons. The van der Waals surface area contributed by atoms with Gasteiger partial charge in [-0.05, 0) is 40.0 Å². The van der Waals surface area contributed by atoms with Crippen molar-refractivity contribution >= 4 is 27.9 Å². The topological polar surface area (TPSA) is 49.9 Å². The average molecular weight is 361 g/mol. The molecule has 0 bridgehead atoms. The fourth-order valence-corrected chi connectivity index (χ4v) is 3.49. The van der Waals surface area contributed by atoms with Crippen LogP contribution in [-0.2, 0) is 9.53 Å². The lowest BCUT2D eigenvalue weighted by molar-refractivity contribution is -0.130. The molecule has 2 heterocycles. The Labute approximate surface area is 135 Å². The van der Waals surface area contributed by atoms with Crippen LogP contribution in [-0.4, -0.2) is 57.9 Å². The van der Waals surface area contributed by atoms with E-state index in [0.29, 0.717) is 19.5 Å². The Hall–Kier alpha value is -0.780. The van der Waals surface area contributed by atoms with Crippen molar-refractivity contribution in [2.45, 2.75) is 62.9 Å². The zero-order valence-electron chi connectivity index (χ0n) is 13.1. The second-order valence-corrected chi connectivity index (χ2v) is 8.22. The number of hydrogen-bond donors (Lipinski definition) is 0. The van der Waals surface area contributed by atoms with Gasteiger partial charge in [-0.2, -0.15) is 0 Å². The van der Waals surface area contributed by atoms with Gasteiger partial charge in [0.25, 0.3) is 0 Å². The Morgan fingerprint density at radius 1 is 1.29 bits per heavy atom. The van der Waals surface area contributed by atoms with Gasteiger partial charge in [-0.1, -0.05) is 15.9 Å². The largest absolute Gasteiger partial charge is 0.444 e. The molecule has 2 fully saturated rings.